The minimum Gasteiger partial charge on any atom is -0.496 e. The lowest BCUT2D eigenvalue weighted by molar-refractivity contribution is 0.102. The Morgan fingerprint density at radius 1 is 1.08 bits per heavy atom. The van der Waals surface area contributed by atoms with Gasteiger partial charge in [0.2, 0.25) is 0 Å². The quantitative estimate of drug-likeness (QED) is 0.803. The summed E-state index contributed by atoms with van der Waals surface area (Å²) in [7, 11) is -1.42. The van der Waals surface area contributed by atoms with E-state index in [1.165, 1.54) is 39.3 Å². The first-order valence-corrected chi connectivity index (χ1v) is 8.32. The van der Waals surface area contributed by atoms with Gasteiger partial charge in [-0.1, -0.05) is 6.07 Å². The van der Waals surface area contributed by atoms with Crippen molar-refractivity contribution in [2.75, 3.05) is 19.5 Å². The molecule has 0 heterocycles. The van der Waals surface area contributed by atoms with Crippen molar-refractivity contribution in [1.82, 2.24) is 0 Å². The van der Waals surface area contributed by atoms with Crippen LogP contribution in [0.5, 0.6) is 11.5 Å². The average Bonchev–Trinajstić information content (AvgIpc) is 2.52. The number of hydrogen-bond donors (Lipinski definition) is 2. The molecular weight excluding hydrogens is 334 g/mol. The van der Waals surface area contributed by atoms with Crippen molar-refractivity contribution in [3.05, 3.63) is 47.5 Å². The number of rotatable bonds is 5. The van der Waals surface area contributed by atoms with Crippen LogP contribution in [0.2, 0.25) is 0 Å². The van der Waals surface area contributed by atoms with Gasteiger partial charge in [-0.15, -0.1) is 0 Å². The number of methoxy groups -OCH3 is 2. The van der Waals surface area contributed by atoms with Gasteiger partial charge >= 0.3 is 0 Å². The van der Waals surface area contributed by atoms with Gasteiger partial charge in [0.15, 0.2) is 0 Å². The van der Waals surface area contributed by atoms with Crippen molar-refractivity contribution in [2.24, 2.45) is 0 Å². The fourth-order valence-corrected chi connectivity index (χ4v) is 2.99. The van der Waals surface area contributed by atoms with Crippen molar-refractivity contribution < 1.29 is 27.2 Å². The van der Waals surface area contributed by atoms with E-state index in [0.29, 0.717) is 22.7 Å². The van der Waals surface area contributed by atoms with E-state index in [9.17, 15) is 13.2 Å². The molecule has 128 valence electrons. The molecule has 0 saturated carbocycles. The molecular formula is C16H17NO6S. The van der Waals surface area contributed by atoms with Crippen LogP contribution in [0.15, 0.2) is 41.3 Å². The third-order valence-corrected chi connectivity index (χ3v) is 4.38. The molecule has 7 nitrogen and oxygen atoms in total. The van der Waals surface area contributed by atoms with Gasteiger partial charge in [-0.25, -0.2) is 0 Å². The standard InChI is InChI=1S/C16H17NO6S/c1-10-9-11(7-8-14(10)24(19,20)21)17-16(18)15-12(22-2)5-4-6-13(15)23-3/h4-9H,1-3H3,(H,17,18)(H,19,20,21). The molecule has 1 amide bonds. The molecule has 0 atom stereocenters. The second-order valence-electron chi connectivity index (χ2n) is 4.95. The van der Waals surface area contributed by atoms with E-state index in [1.54, 1.807) is 18.2 Å². The number of nitrogens with one attached hydrogen (secondary N) is 1. The Bertz CT molecular complexity index is 854. The maximum atomic E-state index is 12.5. The van der Waals surface area contributed by atoms with Gasteiger partial charge in [0.05, 0.1) is 19.1 Å². The molecule has 0 aromatic heterocycles. The maximum absolute atomic E-state index is 12.5. The highest BCUT2D eigenvalue weighted by Gasteiger charge is 2.19. The van der Waals surface area contributed by atoms with Crippen LogP contribution in [0.3, 0.4) is 0 Å². The number of aryl methyl sites for hydroxylation is 1. The van der Waals surface area contributed by atoms with Gasteiger partial charge in [-0.2, -0.15) is 8.42 Å². The number of carbonyl (C=O) groups is 1. The van der Waals surface area contributed by atoms with Gasteiger partial charge < -0.3 is 14.8 Å². The molecule has 2 N–H and O–H groups in total. The van der Waals surface area contributed by atoms with E-state index in [4.69, 9.17) is 14.0 Å². The first-order valence-electron chi connectivity index (χ1n) is 6.88. The minimum atomic E-state index is -4.30. The van der Waals surface area contributed by atoms with E-state index in [2.05, 4.69) is 5.32 Å². The van der Waals surface area contributed by atoms with Crippen LogP contribution in [0.4, 0.5) is 5.69 Å². The van der Waals surface area contributed by atoms with Crippen molar-refractivity contribution in [1.29, 1.82) is 0 Å². The lowest BCUT2D eigenvalue weighted by Gasteiger charge is -2.13. The lowest BCUT2D eigenvalue weighted by Crippen LogP contribution is -2.15. The zero-order valence-electron chi connectivity index (χ0n) is 13.4. The molecule has 2 aromatic carbocycles. The molecule has 0 bridgehead atoms. The summed E-state index contributed by atoms with van der Waals surface area (Å²) in [6.07, 6.45) is 0. The zero-order valence-corrected chi connectivity index (χ0v) is 14.2. The van der Waals surface area contributed by atoms with Crippen LogP contribution < -0.4 is 14.8 Å². The Kier molecular flexibility index (Phi) is 5.10. The fraction of sp³-hybridized carbons (Fsp3) is 0.188. The topological polar surface area (TPSA) is 102 Å². The molecule has 0 saturated heterocycles. The fourth-order valence-electron chi connectivity index (χ4n) is 2.29. The maximum Gasteiger partial charge on any atom is 0.294 e. The van der Waals surface area contributed by atoms with E-state index in [0.717, 1.165) is 0 Å². The van der Waals surface area contributed by atoms with E-state index < -0.39 is 16.0 Å². The van der Waals surface area contributed by atoms with Crippen LogP contribution in [0, 0.1) is 6.92 Å². The van der Waals surface area contributed by atoms with Crippen molar-refractivity contribution in [3.8, 4) is 11.5 Å². The second kappa shape index (κ2) is 6.90. The van der Waals surface area contributed by atoms with Crippen LogP contribution in [0.25, 0.3) is 0 Å². The molecule has 2 rings (SSSR count). The first-order chi connectivity index (χ1) is 11.3. The predicted molar refractivity (Wildman–Crippen MR) is 88.5 cm³/mol. The molecule has 2 aromatic rings. The third kappa shape index (κ3) is 3.66. The number of anilines is 1. The summed E-state index contributed by atoms with van der Waals surface area (Å²) in [5, 5.41) is 2.65. The van der Waals surface area contributed by atoms with Crippen LogP contribution in [-0.2, 0) is 10.1 Å². The molecule has 24 heavy (non-hydrogen) atoms. The Balaban J connectivity index is 2.36. The van der Waals surface area contributed by atoms with Crippen molar-refractivity contribution in [3.63, 3.8) is 0 Å². The Hall–Kier alpha value is -2.58. The molecule has 8 heteroatoms. The molecule has 0 unspecified atom stereocenters. The highest BCUT2D eigenvalue weighted by molar-refractivity contribution is 7.85. The van der Waals surface area contributed by atoms with Crippen LogP contribution >= 0.6 is 0 Å². The highest BCUT2D eigenvalue weighted by atomic mass is 32.2. The van der Waals surface area contributed by atoms with E-state index in [1.807, 2.05) is 0 Å². The Morgan fingerprint density at radius 2 is 1.67 bits per heavy atom. The number of benzene rings is 2. The van der Waals surface area contributed by atoms with Crippen molar-refractivity contribution >= 4 is 21.7 Å². The predicted octanol–water partition coefficient (Wildman–Crippen LogP) is 2.51. The van der Waals surface area contributed by atoms with Gasteiger partial charge in [-0.3, -0.25) is 9.35 Å². The van der Waals surface area contributed by atoms with Gasteiger partial charge in [0, 0.05) is 5.69 Å². The summed E-state index contributed by atoms with van der Waals surface area (Å²) in [6, 6.07) is 9.01. The first kappa shape index (κ1) is 17.8. The molecule has 0 spiro atoms. The average molecular weight is 351 g/mol. The summed E-state index contributed by atoms with van der Waals surface area (Å²) in [5.41, 5.74) is 0.902. The third-order valence-electron chi connectivity index (χ3n) is 3.37. The van der Waals surface area contributed by atoms with E-state index >= 15 is 0 Å². The summed E-state index contributed by atoms with van der Waals surface area (Å²) in [6.45, 7) is 1.52. The SMILES string of the molecule is COc1cccc(OC)c1C(=O)Nc1ccc(S(=O)(=O)O)c(C)c1. The summed E-state index contributed by atoms with van der Waals surface area (Å²) < 4.78 is 41.9. The zero-order chi connectivity index (χ0) is 17.9. The van der Waals surface area contributed by atoms with Crippen LogP contribution in [-0.4, -0.2) is 33.1 Å². The largest absolute Gasteiger partial charge is 0.496 e. The normalized spacial score (nSPS) is 11.0. The number of carbonyl (C=O) groups excluding carboxylic acids is 1. The lowest BCUT2D eigenvalue weighted by atomic mass is 10.1. The van der Waals surface area contributed by atoms with Gasteiger partial charge in [-0.05, 0) is 42.8 Å². The minimum absolute atomic E-state index is 0.213. The number of amides is 1. The second-order valence-corrected chi connectivity index (χ2v) is 6.34. The molecule has 0 aliphatic rings. The van der Waals surface area contributed by atoms with Crippen molar-refractivity contribution in [2.45, 2.75) is 11.8 Å². The molecule has 0 radical (unpaired) electrons. The summed E-state index contributed by atoms with van der Waals surface area (Å²) >= 11 is 0. The van der Waals surface area contributed by atoms with Crippen LogP contribution in [0.1, 0.15) is 15.9 Å². The van der Waals surface area contributed by atoms with E-state index in [-0.39, 0.29) is 10.5 Å². The number of hydrogen-bond acceptors (Lipinski definition) is 5. The highest BCUT2D eigenvalue weighted by Crippen LogP contribution is 2.29. The monoisotopic (exact) mass is 351 g/mol. The molecule has 0 fully saturated rings. The number of ether oxygens (including phenoxy) is 2. The molecule has 0 aliphatic heterocycles. The summed E-state index contributed by atoms with van der Waals surface area (Å²) in [5.74, 6) is 0.222. The Morgan fingerprint density at radius 3 is 2.12 bits per heavy atom. The Labute approximate surface area is 140 Å². The van der Waals surface area contributed by atoms with Gasteiger partial charge in [0.25, 0.3) is 16.0 Å². The summed E-state index contributed by atoms with van der Waals surface area (Å²) in [4.78, 5) is 12.3. The van der Waals surface area contributed by atoms with Gasteiger partial charge in [0.1, 0.15) is 17.1 Å². The smallest absolute Gasteiger partial charge is 0.294 e. The molecule has 0 aliphatic carbocycles.